The summed E-state index contributed by atoms with van der Waals surface area (Å²) in [6.45, 7) is -0.312. The van der Waals surface area contributed by atoms with E-state index < -0.39 is 23.7 Å². The number of hydrazone groups is 1. The smallest absolute Gasteiger partial charge is 0.262 e. The third kappa shape index (κ3) is 5.64. The van der Waals surface area contributed by atoms with Gasteiger partial charge < -0.3 is 23.8 Å². The minimum Gasteiger partial charge on any atom is -0.497 e. The SMILES string of the molecule is COc1ccc(C2=NN(C(=O)CN(C)C(=O)c3ccccc3F)[C@H](c3ccc(OC)c(OC)c3)C2)c(OC)c1. The van der Waals surface area contributed by atoms with Crippen molar-refractivity contribution < 1.29 is 32.9 Å². The predicted octanol–water partition coefficient (Wildman–Crippen LogP) is 4.31. The van der Waals surface area contributed by atoms with E-state index in [2.05, 4.69) is 5.10 Å². The van der Waals surface area contributed by atoms with Gasteiger partial charge in [-0.05, 0) is 42.0 Å². The molecular weight excluding hydrogens is 505 g/mol. The molecule has 0 bridgehead atoms. The Balaban J connectivity index is 1.69. The first-order valence-electron chi connectivity index (χ1n) is 12.1. The molecule has 9 nitrogen and oxygen atoms in total. The van der Waals surface area contributed by atoms with Crippen LogP contribution in [0.3, 0.4) is 0 Å². The van der Waals surface area contributed by atoms with Crippen LogP contribution < -0.4 is 18.9 Å². The molecule has 4 rings (SSSR count). The summed E-state index contributed by atoms with van der Waals surface area (Å²) >= 11 is 0. The zero-order valence-electron chi connectivity index (χ0n) is 22.4. The van der Waals surface area contributed by atoms with Crippen molar-refractivity contribution >= 4 is 17.5 Å². The standard InChI is InChI=1S/C29H30FN3O6/c1-32(29(35)20-8-6-7-9-22(20)30)17-28(34)33-24(18-10-13-25(37-3)27(14-18)39-5)16-23(31-33)21-12-11-19(36-2)15-26(21)38-4/h6-15,24H,16-17H2,1-5H3/t24-/m0/s1. The molecular formula is C29H30FN3O6. The molecule has 0 aromatic heterocycles. The minimum atomic E-state index is -0.655. The normalized spacial score (nSPS) is 14.5. The molecule has 0 fully saturated rings. The lowest BCUT2D eigenvalue weighted by Gasteiger charge is -2.25. The van der Waals surface area contributed by atoms with Gasteiger partial charge in [-0.2, -0.15) is 5.10 Å². The lowest BCUT2D eigenvalue weighted by molar-refractivity contribution is -0.133. The number of benzene rings is 3. The van der Waals surface area contributed by atoms with Gasteiger partial charge in [-0.3, -0.25) is 9.59 Å². The molecule has 0 unspecified atom stereocenters. The Bertz CT molecular complexity index is 1410. The zero-order chi connectivity index (χ0) is 28.1. The Kier molecular flexibility index (Phi) is 8.33. The largest absolute Gasteiger partial charge is 0.497 e. The maximum absolute atomic E-state index is 14.2. The maximum atomic E-state index is 14.2. The number of methoxy groups -OCH3 is 4. The number of carbonyl (C=O) groups excluding carboxylic acids is 2. The van der Waals surface area contributed by atoms with Gasteiger partial charge in [0.05, 0.1) is 45.8 Å². The average molecular weight is 536 g/mol. The van der Waals surface area contributed by atoms with Crippen LogP contribution in [-0.2, 0) is 4.79 Å². The summed E-state index contributed by atoms with van der Waals surface area (Å²) in [5.41, 5.74) is 1.97. The van der Waals surface area contributed by atoms with Crippen LogP contribution in [0.5, 0.6) is 23.0 Å². The molecule has 0 saturated carbocycles. The maximum Gasteiger partial charge on any atom is 0.262 e. The minimum absolute atomic E-state index is 0.113. The van der Waals surface area contributed by atoms with E-state index in [1.165, 1.54) is 42.3 Å². The van der Waals surface area contributed by atoms with Crippen molar-refractivity contribution in [1.29, 1.82) is 0 Å². The van der Waals surface area contributed by atoms with E-state index in [0.29, 0.717) is 40.7 Å². The van der Waals surface area contributed by atoms with Crippen LogP contribution >= 0.6 is 0 Å². The molecule has 10 heteroatoms. The van der Waals surface area contributed by atoms with Crippen molar-refractivity contribution in [3.05, 3.63) is 83.2 Å². The van der Waals surface area contributed by atoms with E-state index in [0.717, 1.165) is 5.56 Å². The number of ether oxygens (including phenoxy) is 4. The fourth-order valence-electron chi connectivity index (χ4n) is 4.45. The fraction of sp³-hybridized carbons (Fsp3) is 0.276. The van der Waals surface area contributed by atoms with Gasteiger partial charge >= 0.3 is 0 Å². The van der Waals surface area contributed by atoms with Crippen molar-refractivity contribution in [3.63, 3.8) is 0 Å². The number of halogens is 1. The highest BCUT2D eigenvalue weighted by Gasteiger charge is 2.35. The molecule has 0 saturated heterocycles. The Morgan fingerprint density at radius 1 is 0.923 bits per heavy atom. The van der Waals surface area contributed by atoms with Crippen LogP contribution in [0.15, 0.2) is 65.8 Å². The molecule has 1 aliphatic rings. The van der Waals surface area contributed by atoms with Gasteiger partial charge in [-0.25, -0.2) is 9.40 Å². The molecule has 0 spiro atoms. The quantitative estimate of drug-likeness (QED) is 0.406. The second-order valence-electron chi connectivity index (χ2n) is 8.83. The molecule has 1 atom stereocenters. The second-order valence-corrected chi connectivity index (χ2v) is 8.83. The van der Waals surface area contributed by atoms with Crippen LogP contribution in [0.1, 0.15) is 33.9 Å². The highest BCUT2D eigenvalue weighted by Crippen LogP contribution is 2.39. The monoisotopic (exact) mass is 535 g/mol. The van der Waals surface area contributed by atoms with Crippen molar-refractivity contribution in [2.45, 2.75) is 12.5 Å². The summed E-state index contributed by atoms with van der Waals surface area (Å²) in [4.78, 5) is 27.6. The Morgan fingerprint density at radius 3 is 2.31 bits per heavy atom. The molecule has 0 N–H and O–H groups in total. The molecule has 3 aromatic carbocycles. The molecule has 204 valence electrons. The second kappa shape index (κ2) is 11.8. The Morgan fingerprint density at radius 2 is 1.64 bits per heavy atom. The van der Waals surface area contributed by atoms with Gasteiger partial charge in [0, 0.05) is 25.1 Å². The summed E-state index contributed by atoms with van der Waals surface area (Å²) in [7, 11) is 7.64. The Hall–Kier alpha value is -4.60. The molecule has 1 heterocycles. The average Bonchev–Trinajstić information content (AvgIpc) is 3.41. The number of amides is 2. The van der Waals surface area contributed by atoms with Crippen molar-refractivity contribution in [2.24, 2.45) is 5.10 Å². The first-order valence-corrected chi connectivity index (χ1v) is 12.1. The van der Waals surface area contributed by atoms with E-state index in [-0.39, 0.29) is 12.1 Å². The van der Waals surface area contributed by atoms with E-state index in [1.807, 2.05) is 12.1 Å². The lowest BCUT2D eigenvalue weighted by atomic mass is 9.97. The number of rotatable bonds is 9. The van der Waals surface area contributed by atoms with Crippen molar-refractivity contribution in [2.75, 3.05) is 42.0 Å². The van der Waals surface area contributed by atoms with E-state index in [1.54, 1.807) is 51.7 Å². The highest BCUT2D eigenvalue weighted by atomic mass is 19.1. The van der Waals surface area contributed by atoms with E-state index in [9.17, 15) is 14.0 Å². The Labute approximate surface area is 226 Å². The molecule has 0 aliphatic carbocycles. The molecule has 39 heavy (non-hydrogen) atoms. The van der Waals surface area contributed by atoms with Gasteiger partial charge in [0.1, 0.15) is 23.9 Å². The van der Waals surface area contributed by atoms with Gasteiger partial charge in [0.25, 0.3) is 11.8 Å². The van der Waals surface area contributed by atoms with Crippen LogP contribution in [0, 0.1) is 5.82 Å². The zero-order valence-corrected chi connectivity index (χ0v) is 22.4. The lowest BCUT2D eigenvalue weighted by Crippen LogP contribution is -2.39. The third-order valence-electron chi connectivity index (χ3n) is 6.50. The van der Waals surface area contributed by atoms with Gasteiger partial charge in [0.15, 0.2) is 11.5 Å². The molecule has 2 amide bonds. The highest BCUT2D eigenvalue weighted by molar-refractivity contribution is 6.05. The summed E-state index contributed by atoms with van der Waals surface area (Å²) in [6, 6.07) is 15.9. The predicted molar refractivity (Wildman–Crippen MR) is 143 cm³/mol. The third-order valence-corrected chi connectivity index (χ3v) is 6.50. The first kappa shape index (κ1) is 27.4. The van der Waals surface area contributed by atoms with Crippen LogP contribution in [0.25, 0.3) is 0 Å². The van der Waals surface area contributed by atoms with Crippen LogP contribution in [0.4, 0.5) is 4.39 Å². The molecule has 0 radical (unpaired) electrons. The number of nitrogens with zero attached hydrogens (tertiary/aromatic N) is 3. The van der Waals surface area contributed by atoms with Crippen molar-refractivity contribution in [1.82, 2.24) is 9.91 Å². The summed E-state index contributed by atoms with van der Waals surface area (Å²) in [5.74, 6) is 0.508. The van der Waals surface area contributed by atoms with Gasteiger partial charge in [0.2, 0.25) is 0 Å². The topological polar surface area (TPSA) is 89.9 Å². The van der Waals surface area contributed by atoms with E-state index >= 15 is 0 Å². The van der Waals surface area contributed by atoms with Gasteiger partial charge in [-0.15, -0.1) is 0 Å². The number of hydrogen-bond acceptors (Lipinski definition) is 7. The fourth-order valence-corrected chi connectivity index (χ4v) is 4.45. The van der Waals surface area contributed by atoms with Gasteiger partial charge in [-0.1, -0.05) is 18.2 Å². The van der Waals surface area contributed by atoms with Crippen LogP contribution in [0.2, 0.25) is 0 Å². The summed E-state index contributed by atoms with van der Waals surface area (Å²) in [5, 5.41) is 6.03. The number of likely N-dealkylation sites (N-methyl/N-ethyl adjacent to an activating group) is 1. The summed E-state index contributed by atoms with van der Waals surface area (Å²) < 4.78 is 35.9. The van der Waals surface area contributed by atoms with E-state index in [4.69, 9.17) is 18.9 Å². The molecule has 1 aliphatic heterocycles. The first-order chi connectivity index (χ1) is 18.8. The summed E-state index contributed by atoms with van der Waals surface area (Å²) in [6.07, 6.45) is 0.370. The van der Waals surface area contributed by atoms with Crippen LogP contribution in [-0.4, -0.2) is 69.5 Å². The molecule has 3 aromatic rings. The number of hydrogen-bond donors (Lipinski definition) is 0. The van der Waals surface area contributed by atoms with Crippen molar-refractivity contribution in [3.8, 4) is 23.0 Å². The number of carbonyl (C=O) groups is 2.